The number of fused-ring (bicyclic) bond motifs is 1. The maximum atomic E-state index is 12.7. The van der Waals surface area contributed by atoms with E-state index in [2.05, 4.69) is 15.6 Å². The fourth-order valence-corrected chi connectivity index (χ4v) is 2.85. The van der Waals surface area contributed by atoms with Crippen LogP contribution in [-0.2, 0) is 4.79 Å². The highest BCUT2D eigenvalue weighted by molar-refractivity contribution is 6.06. The summed E-state index contributed by atoms with van der Waals surface area (Å²) < 4.78 is 5.41. The van der Waals surface area contributed by atoms with Gasteiger partial charge in [-0.25, -0.2) is 0 Å². The molecule has 3 rings (SSSR count). The molecule has 6 heteroatoms. The van der Waals surface area contributed by atoms with E-state index < -0.39 is 0 Å². The zero-order valence-corrected chi connectivity index (χ0v) is 16.2. The monoisotopic (exact) mass is 377 g/mol. The smallest absolute Gasteiger partial charge is 0.257 e. The highest BCUT2D eigenvalue weighted by Crippen LogP contribution is 2.20. The third-order valence-corrected chi connectivity index (χ3v) is 4.26. The number of ether oxygens (including phenoxy) is 1. The van der Waals surface area contributed by atoms with Crippen LogP contribution in [0.2, 0.25) is 0 Å². The molecule has 0 bridgehead atoms. The summed E-state index contributed by atoms with van der Waals surface area (Å²) >= 11 is 0. The lowest BCUT2D eigenvalue weighted by Crippen LogP contribution is -2.28. The van der Waals surface area contributed by atoms with E-state index >= 15 is 0 Å². The quantitative estimate of drug-likeness (QED) is 0.688. The van der Waals surface area contributed by atoms with Crippen LogP contribution >= 0.6 is 0 Å². The molecule has 0 radical (unpaired) electrons. The molecule has 0 aliphatic rings. The first-order valence-electron chi connectivity index (χ1n) is 9.15. The van der Waals surface area contributed by atoms with Crippen LogP contribution in [0.5, 0.6) is 5.75 Å². The first-order chi connectivity index (χ1) is 13.5. The van der Waals surface area contributed by atoms with Crippen LogP contribution in [0.3, 0.4) is 0 Å². The molecule has 0 saturated carbocycles. The molecule has 6 nitrogen and oxygen atoms in total. The predicted octanol–water partition coefficient (Wildman–Crippen LogP) is 3.62. The van der Waals surface area contributed by atoms with Crippen molar-refractivity contribution >= 4 is 28.4 Å². The molecule has 1 heterocycles. The van der Waals surface area contributed by atoms with Crippen LogP contribution in [0.15, 0.2) is 48.5 Å². The summed E-state index contributed by atoms with van der Waals surface area (Å²) in [5.41, 5.74) is 3.84. The number of likely N-dealkylation sites (N-methyl/N-ethyl adjacent to an activating group) is 1. The Morgan fingerprint density at radius 3 is 2.50 bits per heavy atom. The normalized spacial score (nSPS) is 10.5. The molecule has 1 aromatic heterocycles. The number of anilines is 1. The Bertz CT molecular complexity index is 1010. The number of pyridine rings is 1. The second kappa shape index (κ2) is 8.52. The second-order valence-corrected chi connectivity index (χ2v) is 6.54. The molecule has 0 aliphatic heterocycles. The summed E-state index contributed by atoms with van der Waals surface area (Å²) in [6, 6.07) is 14.7. The zero-order valence-electron chi connectivity index (χ0n) is 16.2. The largest absolute Gasteiger partial charge is 0.484 e. The summed E-state index contributed by atoms with van der Waals surface area (Å²) in [7, 11) is 0. The molecule has 3 aromatic rings. The number of nitrogens with one attached hydrogen (secondary N) is 2. The number of aromatic nitrogens is 1. The fourth-order valence-electron chi connectivity index (χ4n) is 2.85. The van der Waals surface area contributed by atoms with Gasteiger partial charge < -0.3 is 15.4 Å². The van der Waals surface area contributed by atoms with E-state index in [4.69, 9.17) is 4.74 Å². The number of hydrogen-bond donors (Lipinski definition) is 2. The summed E-state index contributed by atoms with van der Waals surface area (Å²) in [5.74, 6) is 0.169. The van der Waals surface area contributed by atoms with E-state index in [1.807, 2.05) is 45.0 Å². The lowest BCUT2D eigenvalue weighted by Gasteiger charge is -2.10. The number of rotatable bonds is 6. The van der Waals surface area contributed by atoms with E-state index in [9.17, 15) is 9.59 Å². The Labute approximate surface area is 163 Å². The van der Waals surface area contributed by atoms with Crippen LogP contribution in [0.25, 0.3) is 10.9 Å². The summed E-state index contributed by atoms with van der Waals surface area (Å²) in [6.07, 6.45) is 0. The molecule has 0 atom stereocenters. The molecule has 0 saturated heterocycles. The van der Waals surface area contributed by atoms with Gasteiger partial charge in [0.25, 0.3) is 11.8 Å². The molecule has 0 unspecified atom stereocenters. The van der Waals surface area contributed by atoms with Gasteiger partial charge >= 0.3 is 0 Å². The number of nitrogens with zero attached hydrogens (tertiary/aromatic N) is 1. The molecule has 0 aliphatic carbocycles. The molecule has 2 aromatic carbocycles. The summed E-state index contributed by atoms with van der Waals surface area (Å²) in [5, 5.41) is 6.48. The van der Waals surface area contributed by atoms with E-state index in [-0.39, 0.29) is 18.4 Å². The molecule has 144 valence electrons. The van der Waals surface area contributed by atoms with Gasteiger partial charge in [0.2, 0.25) is 0 Å². The first-order valence-corrected chi connectivity index (χ1v) is 9.15. The van der Waals surface area contributed by atoms with Gasteiger partial charge in [0.1, 0.15) is 5.75 Å². The molecule has 0 spiro atoms. The number of carbonyl (C=O) groups is 2. The molecule has 2 amide bonds. The third kappa shape index (κ3) is 4.65. The topological polar surface area (TPSA) is 80.3 Å². The van der Waals surface area contributed by atoms with Crippen molar-refractivity contribution in [3.05, 3.63) is 65.4 Å². The van der Waals surface area contributed by atoms with Crippen molar-refractivity contribution in [3.63, 3.8) is 0 Å². The number of aryl methyl sites for hydroxylation is 2. The van der Waals surface area contributed by atoms with Crippen LogP contribution in [0, 0.1) is 13.8 Å². The highest BCUT2D eigenvalue weighted by Gasteiger charge is 2.12. The molecular formula is C22H23N3O3. The van der Waals surface area contributed by atoms with Gasteiger partial charge in [-0.2, -0.15) is 0 Å². The first kappa shape index (κ1) is 19.4. The number of carbonyl (C=O) groups excluding carboxylic acids is 2. The van der Waals surface area contributed by atoms with E-state index in [0.717, 1.165) is 16.5 Å². The lowest BCUT2D eigenvalue weighted by atomic mass is 10.1. The summed E-state index contributed by atoms with van der Waals surface area (Å²) in [6.45, 7) is 6.21. The maximum Gasteiger partial charge on any atom is 0.257 e. The molecular weight excluding hydrogens is 354 g/mol. The van der Waals surface area contributed by atoms with Crippen molar-refractivity contribution in [3.8, 4) is 5.75 Å². The minimum Gasteiger partial charge on any atom is -0.484 e. The van der Waals surface area contributed by atoms with Crippen molar-refractivity contribution in [2.24, 2.45) is 0 Å². The Morgan fingerprint density at radius 1 is 1.04 bits per heavy atom. The summed E-state index contributed by atoms with van der Waals surface area (Å²) in [4.78, 5) is 28.7. The number of benzene rings is 2. The fraction of sp³-hybridized carbons (Fsp3) is 0.227. The van der Waals surface area contributed by atoms with Crippen LogP contribution in [0.4, 0.5) is 5.69 Å². The van der Waals surface area contributed by atoms with Crippen LogP contribution in [-0.4, -0.2) is 29.9 Å². The third-order valence-electron chi connectivity index (χ3n) is 4.26. The van der Waals surface area contributed by atoms with Crippen molar-refractivity contribution in [2.75, 3.05) is 18.5 Å². The van der Waals surface area contributed by atoms with Crippen LogP contribution < -0.4 is 15.4 Å². The van der Waals surface area contributed by atoms with Crippen LogP contribution in [0.1, 0.15) is 28.5 Å². The Morgan fingerprint density at radius 2 is 1.79 bits per heavy atom. The number of amides is 2. The van der Waals surface area contributed by atoms with Gasteiger partial charge in [-0.15, -0.1) is 0 Å². The van der Waals surface area contributed by atoms with Gasteiger partial charge in [-0.05, 0) is 63.2 Å². The van der Waals surface area contributed by atoms with Crippen molar-refractivity contribution in [1.82, 2.24) is 10.3 Å². The van der Waals surface area contributed by atoms with E-state index in [0.29, 0.717) is 29.2 Å². The Kier molecular flexibility index (Phi) is 5.89. The Hall–Kier alpha value is -3.41. The average Bonchev–Trinajstić information content (AvgIpc) is 2.67. The standard InChI is InChI=1S/C22H23N3O3/c1-4-23-21(26)13-28-18-8-6-17(7-9-18)25-22(27)19-12-16-11-14(2)5-10-20(16)24-15(19)3/h5-12H,4,13H2,1-3H3,(H,23,26)(H,25,27). The van der Waals surface area contributed by atoms with Crippen molar-refractivity contribution in [1.29, 1.82) is 0 Å². The zero-order chi connectivity index (χ0) is 20.1. The second-order valence-electron chi connectivity index (χ2n) is 6.54. The Balaban J connectivity index is 1.70. The van der Waals surface area contributed by atoms with Gasteiger partial charge in [0.15, 0.2) is 6.61 Å². The SMILES string of the molecule is CCNC(=O)COc1ccc(NC(=O)c2cc3cc(C)ccc3nc2C)cc1. The minimum atomic E-state index is -0.218. The van der Waals surface area contributed by atoms with Gasteiger partial charge in [-0.3, -0.25) is 14.6 Å². The predicted molar refractivity (Wildman–Crippen MR) is 110 cm³/mol. The van der Waals surface area contributed by atoms with Gasteiger partial charge in [0, 0.05) is 17.6 Å². The molecule has 2 N–H and O–H groups in total. The van der Waals surface area contributed by atoms with Crippen molar-refractivity contribution in [2.45, 2.75) is 20.8 Å². The molecule has 28 heavy (non-hydrogen) atoms. The van der Waals surface area contributed by atoms with E-state index in [1.54, 1.807) is 24.3 Å². The maximum absolute atomic E-state index is 12.7. The minimum absolute atomic E-state index is 0.0408. The van der Waals surface area contributed by atoms with E-state index in [1.165, 1.54) is 0 Å². The average molecular weight is 377 g/mol. The number of hydrogen-bond acceptors (Lipinski definition) is 4. The van der Waals surface area contributed by atoms with Gasteiger partial charge in [-0.1, -0.05) is 11.6 Å². The van der Waals surface area contributed by atoms with Gasteiger partial charge in [0.05, 0.1) is 16.8 Å². The highest BCUT2D eigenvalue weighted by atomic mass is 16.5. The lowest BCUT2D eigenvalue weighted by molar-refractivity contribution is -0.122. The van der Waals surface area contributed by atoms with Crippen molar-refractivity contribution < 1.29 is 14.3 Å². The molecule has 0 fully saturated rings.